The van der Waals surface area contributed by atoms with Crippen LogP contribution < -0.4 is 10.6 Å². The quantitative estimate of drug-likeness (QED) is 0.866. The highest BCUT2D eigenvalue weighted by atomic mass is 35.5. The van der Waals surface area contributed by atoms with Crippen molar-refractivity contribution in [1.29, 1.82) is 0 Å². The maximum atomic E-state index is 12.1. The standard InChI is InChI=1S/C14H20ClN3O/c1-3-18(12-7-16-8-12)9-14(19)17-13-6-11(15)5-4-10(13)2/h4-6,12,16H,3,7-9H2,1-2H3,(H,17,19). The van der Waals surface area contributed by atoms with E-state index in [9.17, 15) is 4.79 Å². The summed E-state index contributed by atoms with van der Waals surface area (Å²) < 4.78 is 0. The van der Waals surface area contributed by atoms with Gasteiger partial charge in [0.1, 0.15) is 0 Å². The first-order valence-corrected chi connectivity index (χ1v) is 6.98. The van der Waals surface area contributed by atoms with E-state index >= 15 is 0 Å². The fraction of sp³-hybridized carbons (Fsp3) is 0.500. The average molecular weight is 282 g/mol. The molecule has 5 heteroatoms. The molecule has 0 aromatic heterocycles. The molecule has 1 aromatic carbocycles. The Bertz CT molecular complexity index is 460. The normalized spacial score (nSPS) is 15.4. The van der Waals surface area contributed by atoms with Gasteiger partial charge in [0.15, 0.2) is 0 Å². The molecular formula is C14H20ClN3O. The number of nitrogens with one attached hydrogen (secondary N) is 2. The van der Waals surface area contributed by atoms with E-state index in [2.05, 4.69) is 22.5 Å². The molecule has 1 fully saturated rings. The van der Waals surface area contributed by atoms with Gasteiger partial charge in [-0.15, -0.1) is 0 Å². The van der Waals surface area contributed by atoms with Gasteiger partial charge in [0.25, 0.3) is 0 Å². The highest BCUT2D eigenvalue weighted by Crippen LogP contribution is 2.20. The second kappa shape index (κ2) is 6.37. The number of likely N-dealkylation sites (N-methyl/N-ethyl adjacent to an activating group) is 1. The SMILES string of the molecule is CCN(CC(=O)Nc1cc(Cl)ccc1C)C1CNC1. The van der Waals surface area contributed by atoms with E-state index in [0.29, 0.717) is 17.6 Å². The minimum atomic E-state index is 0.0131. The topological polar surface area (TPSA) is 44.4 Å². The Morgan fingerprint density at radius 3 is 2.84 bits per heavy atom. The zero-order valence-electron chi connectivity index (χ0n) is 11.4. The molecule has 0 spiro atoms. The van der Waals surface area contributed by atoms with Gasteiger partial charge in [0, 0.05) is 29.8 Å². The van der Waals surface area contributed by atoms with Crippen LogP contribution in [0.25, 0.3) is 0 Å². The Morgan fingerprint density at radius 1 is 1.53 bits per heavy atom. The zero-order chi connectivity index (χ0) is 13.8. The molecule has 2 rings (SSSR count). The number of benzene rings is 1. The molecule has 1 heterocycles. The molecule has 0 aliphatic carbocycles. The molecule has 1 aliphatic rings. The zero-order valence-corrected chi connectivity index (χ0v) is 12.1. The lowest BCUT2D eigenvalue weighted by Crippen LogP contribution is -2.58. The van der Waals surface area contributed by atoms with Crippen LogP contribution in [0.2, 0.25) is 5.02 Å². The molecule has 19 heavy (non-hydrogen) atoms. The van der Waals surface area contributed by atoms with Crippen molar-refractivity contribution in [3.8, 4) is 0 Å². The maximum absolute atomic E-state index is 12.1. The number of rotatable bonds is 5. The Kier molecular flexibility index (Phi) is 4.80. The first-order chi connectivity index (χ1) is 9.10. The molecule has 0 saturated carbocycles. The summed E-state index contributed by atoms with van der Waals surface area (Å²) in [6.45, 7) is 7.29. The number of anilines is 1. The van der Waals surface area contributed by atoms with Gasteiger partial charge < -0.3 is 10.6 Å². The van der Waals surface area contributed by atoms with Crippen LogP contribution in [0.4, 0.5) is 5.69 Å². The number of hydrogen-bond donors (Lipinski definition) is 2. The van der Waals surface area contributed by atoms with Gasteiger partial charge in [-0.2, -0.15) is 0 Å². The smallest absolute Gasteiger partial charge is 0.238 e. The summed E-state index contributed by atoms with van der Waals surface area (Å²) in [6.07, 6.45) is 0. The van der Waals surface area contributed by atoms with Crippen LogP contribution in [-0.2, 0) is 4.79 Å². The first kappa shape index (κ1) is 14.3. The van der Waals surface area contributed by atoms with E-state index < -0.39 is 0 Å². The monoisotopic (exact) mass is 281 g/mol. The molecule has 0 unspecified atom stereocenters. The second-order valence-corrected chi connectivity index (χ2v) is 5.32. The summed E-state index contributed by atoms with van der Waals surface area (Å²) in [6, 6.07) is 6.00. The lowest BCUT2D eigenvalue weighted by Gasteiger charge is -2.37. The first-order valence-electron chi connectivity index (χ1n) is 6.61. The third kappa shape index (κ3) is 3.69. The Hall–Kier alpha value is -1.10. The maximum Gasteiger partial charge on any atom is 0.238 e. The highest BCUT2D eigenvalue weighted by Gasteiger charge is 2.24. The number of amides is 1. The van der Waals surface area contributed by atoms with Crippen molar-refractivity contribution >= 4 is 23.2 Å². The summed E-state index contributed by atoms with van der Waals surface area (Å²) in [7, 11) is 0. The van der Waals surface area contributed by atoms with Crippen LogP contribution in [0.1, 0.15) is 12.5 Å². The highest BCUT2D eigenvalue weighted by molar-refractivity contribution is 6.31. The van der Waals surface area contributed by atoms with Crippen molar-refractivity contribution in [2.24, 2.45) is 0 Å². The lowest BCUT2D eigenvalue weighted by molar-refractivity contribution is -0.118. The fourth-order valence-electron chi connectivity index (χ4n) is 2.13. The van der Waals surface area contributed by atoms with E-state index in [1.807, 2.05) is 19.1 Å². The van der Waals surface area contributed by atoms with Gasteiger partial charge in [-0.25, -0.2) is 0 Å². The van der Waals surface area contributed by atoms with E-state index in [0.717, 1.165) is 30.9 Å². The number of hydrogen-bond acceptors (Lipinski definition) is 3. The predicted octanol–water partition coefficient (Wildman–Crippen LogP) is 1.88. The minimum absolute atomic E-state index is 0.0131. The van der Waals surface area contributed by atoms with E-state index in [-0.39, 0.29) is 5.91 Å². The van der Waals surface area contributed by atoms with E-state index in [4.69, 9.17) is 11.6 Å². The van der Waals surface area contributed by atoms with Crippen LogP contribution in [0.5, 0.6) is 0 Å². The molecule has 4 nitrogen and oxygen atoms in total. The number of aryl methyl sites for hydroxylation is 1. The summed E-state index contributed by atoms with van der Waals surface area (Å²) in [5, 5.41) is 6.79. The Morgan fingerprint density at radius 2 is 2.26 bits per heavy atom. The molecule has 1 amide bonds. The summed E-state index contributed by atoms with van der Waals surface area (Å²) in [4.78, 5) is 14.3. The number of nitrogens with zero attached hydrogens (tertiary/aromatic N) is 1. The van der Waals surface area contributed by atoms with Gasteiger partial charge in [-0.05, 0) is 31.2 Å². The molecule has 1 saturated heterocycles. The van der Waals surface area contributed by atoms with Gasteiger partial charge >= 0.3 is 0 Å². The van der Waals surface area contributed by atoms with E-state index in [1.165, 1.54) is 0 Å². The van der Waals surface area contributed by atoms with Crippen LogP contribution >= 0.6 is 11.6 Å². The molecule has 1 aliphatic heterocycles. The molecule has 0 atom stereocenters. The third-order valence-corrected chi connectivity index (χ3v) is 3.74. The van der Waals surface area contributed by atoms with Gasteiger partial charge in [-0.3, -0.25) is 9.69 Å². The summed E-state index contributed by atoms with van der Waals surface area (Å²) in [5.41, 5.74) is 1.81. The van der Waals surface area contributed by atoms with Crippen LogP contribution in [0, 0.1) is 6.92 Å². The van der Waals surface area contributed by atoms with Gasteiger partial charge in [0.2, 0.25) is 5.91 Å². The Labute approximate surface area is 119 Å². The van der Waals surface area contributed by atoms with Crippen molar-refractivity contribution in [2.75, 3.05) is 31.5 Å². The van der Waals surface area contributed by atoms with Crippen molar-refractivity contribution in [2.45, 2.75) is 19.9 Å². The molecule has 2 N–H and O–H groups in total. The van der Waals surface area contributed by atoms with Crippen molar-refractivity contribution in [1.82, 2.24) is 10.2 Å². The largest absolute Gasteiger partial charge is 0.325 e. The fourth-order valence-corrected chi connectivity index (χ4v) is 2.31. The third-order valence-electron chi connectivity index (χ3n) is 3.50. The van der Waals surface area contributed by atoms with Crippen molar-refractivity contribution in [3.05, 3.63) is 28.8 Å². The van der Waals surface area contributed by atoms with Crippen molar-refractivity contribution in [3.63, 3.8) is 0 Å². The van der Waals surface area contributed by atoms with Crippen LogP contribution in [0.15, 0.2) is 18.2 Å². The van der Waals surface area contributed by atoms with Crippen LogP contribution in [0.3, 0.4) is 0 Å². The Balaban J connectivity index is 1.94. The predicted molar refractivity (Wildman–Crippen MR) is 78.7 cm³/mol. The summed E-state index contributed by atoms with van der Waals surface area (Å²) in [5.74, 6) is 0.0131. The van der Waals surface area contributed by atoms with Crippen molar-refractivity contribution < 1.29 is 4.79 Å². The van der Waals surface area contributed by atoms with Crippen LogP contribution in [-0.4, -0.2) is 43.0 Å². The molecule has 104 valence electrons. The second-order valence-electron chi connectivity index (χ2n) is 4.88. The van der Waals surface area contributed by atoms with E-state index in [1.54, 1.807) is 6.07 Å². The van der Waals surface area contributed by atoms with Gasteiger partial charge in [-0.1, -0.05) is 24.6 Å². The molecular weight excluding hydrogens is 262 g/mol. The van der Waals surface area contributed by atoms with Gasteiger partial charge in [0.05, 0.1) is 6.54 Å². The lowest BCUT2D eigenvalue weighted by atomic mass is 10.1. The summed E-state index contributed by atoms with van der Waals surface area (Å²) >= 11 is 5.95. The average Bonchev–Trinajstić information content (AvgIpc) is 2.30. The number of carbonyl (C=O) groups is 1. The minimum Gasteiger partial charge on any atom is -0.325 e. The molecule has 0 bridgehead atoms. The number of halogens is 1. The molecule has 0 radical (unpaired) electrons. The number of carbonyl (C=O) groups excluding carboxylic acids is 1. The molecule has 1 aromatic rings.